The summed E-state index contributed by atoms with van der Waals surface area (Å²) in [4.78, 5) is 40.8. The first-order valence-corrected chi connectivity index (χ1v) is 10.8. The van der Waals surface area contributed by atoms with Gasteiger partial charge in [-0.15, -0.1) is 0 Å². The van der Waals surface area contributed by atoms with Crippen LogP contribution >= 0.6 is 0 Å². The number of carbonyl (C=O) groups is 3. The first-order chi connectivity index (χ1) is 17.3. The number of ether oxygens (including phenoxy) is 1. The zero-order valence-corrected chi connectivity index (χ0v) is 19.1. The molecule has 0 radical (unpaired) electrons. The Balaban J connectivity index is 1.63. The number of imide groups is 1. The lowest BCUT2D eigenvalue weighted by Gasteiger charge is -2.23. The minimum atomic E-state index is -0.940. The smallest absolute Gasteiger partial charge is 0.343 e. The number of nitrogens with zero attached hydrogens (tertiary/aromatic N) is 3. The second-order valence-corrected chi connectivity index (χ2v) is 8.16. The van der Waals surface area contributed by atoms with E-state index in [0.717, 1.165) is 4.90 Å². The van der Waals surface area contributed by atoms with Crippen molar-refractivity contribution in [2.75, 3.05) is 23.5 Å². The number of amides is 3. The molecule has 7 N–H and O–H groups in total. The topological polar surface area (TPSA) is 178 Å². The second kappa shape index (κ2) is 8.64. The molecule has 2 aliphatic rings. The van der Waals surface area contributed by atoms with Crippen molar-refractivity contribution in [3.63, 3.8) is 0 Å². The Labute approximate surface area is 205 Å². The molecule has 3 amide bonds. The van der Waals surface area contributed by atoms with Crippen molar-refractivity contribution in [2.45, 2.75) is 6.04 Å². The third-order valence-electron chi connectivity index (χ3n) is 6.00. The summed E-state index contributed by atoms with van der Waals surface area (Å²) in [6, 6.07) is 14.5. The quantitative estimate of drug-likeness (QED) is 0.190. The van der Waals surface area contributed by atoms with Crippen LogP contribution in [0.1, 0.15) is 37.9 Å². The molecule has 11 nitrogen and oxygen atoms in total. The van der Waals surface area contributed by atoms with Gasteiger partial charge in [-0.05, 0) is 54.1 Å². The van der Waals surface area contributed by atoms with Gasteiger partial charge in [0.05, 0.1) is 23.9 Å². The Morgan fingerprint density at radius 1 is 1.03 bits per heavy atom. The lowest BCUT2D eigenvalue weighted by molar-refractivity contribution is 0.0993. The number of hydrogen-bond acceptors (Lipinski definition) is 9. The Kier molecular flexibility index (Phi) is 5.46. The van der Waals surface area contributed by atoms with Crippen molar-refractivity contribution in [1.29, 1.82) is 0 Å². The first-order valence-electron chi connectivity index (χ1n) is 10.8. The van der Waals surface area contributed by atoms with Gasteiger partial charge in [-0.25, -0.2) is 15.5 Å². The van der Waals surface area contributed by atoms with Gasteiger partial charge in [0.2, 0.25) is 0 Å². The molecule has 0 fully saturated rings. The Bertz CT molecular complexity index is 1470. The van der Waals surface area contributed by atoms with Crippen LogP contribution in [-0.2, 0) is 0 Å². The van der Waals surface area contributed by atoms with Crippen LogP contribution in [0.3, 0.4) is 0 Å². The number of benzene rings is 3. The van der Waals surface area contributed by atoms with Crippen molar-refractivity contribution in [2.24, 2.45) is 16.1 Å². The number of nitrogens with two attached hydrogens (primary N) is 3. The maximum atomic E-state index is 13.7. The first kappa shape index (κ1) is 22.7. The van der Waals surface area contributed by atoms with Gasteiger partial charge in [0, 0.05) is 22.5 Å². The number of carbonyl (C=O) groups excluding carboxylic acids is 3. The lowest BCUT2D eigenvalue weighted by atomic mass is 10.0. The van der Waals surface area contributed by atoms with Crippen LogP contribution in [0, 0.1) is 0 Å². The summed E-state index contributed by atoms with van der Waals surface area (Å²) < 4.78 is 5.20. The molecule has 180 valence electrons. The molecule has 0 bridgehead atoms. The van der Waals surface area contributed by atoms with E-state index in [-0.39, 0.29) is 28.2 Å². The van der Waals surface area contributed by atoms with Gasteiger partial charge in [-0.2, -0.15) is 10.2 Å². The molecule has 1 aliphatic carbocycles. The van der Waals surface area contributed by atoms with E-state index in [1.807, 2.05) is 5.43 Å². The van der Waals surface area contributed by atoms with Crippen LogP contribution in [0.5, 0.6) is 5.75 Å². The number of nitrogen functional groups attached to an aromatic ring is 2. The predicted octanol–water partition coefficient (Wildman–Crippen LogP) is 3.20. The van der Waals surface area contributed by atoms with Crippen LogP contribution in [0.2, 0.25) is 0 Å². The molecule has 36 heavy (non-hydrogen) atoms. The molecule has 1 atom stereocenters. The van der Waals surface area contributed by atoms with Crippen LogP contribution in [0.15, 0.2) is 76.5 Å². The number of ketones is 1. The average Bonchev–Trinajstić information content (AvgIpc) is 3.43. The summed E-state index contributed by atoms with van der Waals surface area (Å²) in [6.45, 7) is 0. The Morgan fingerprint density at radius 2 is 1.72 bits per heavy atom. The maximum Gasteiger partial charge on any atom is 0.343 e. The largest absolute Gasteiger partial charge is 0.497 e. The summed E-state index contributed by atoms with van der Waals surface area (Å²) in [5.74, 6) is 4.90. The standard InChI is InChI=1S/C25H21N7O4/c1-36-16-7-5-12(6-8-16)21-20-22(31-30-21)17-3-2-4-18(19(17)23(20)33)32(25(35)29-28)24(34)13-9-14(26)11-15(27)10-13/h2-11,22H,26-28H2,1H3,(H,29,35). The summed E-state index contributed by atoms with van der Waals surface area (Å²) in [7, 11) is 1.56. The van der Waals surface area contributed by atoms with Gasteiger partial charge >= 0.3 is 6.03 Å². The van der Waals surface area contributed by atoms with E-state index in [1.165, 1.54) is 24.3 Å². The van der Waals surface area contributed by atoms with Crippen LogP contribution in [0.25, 0.3) is 5.70 Å². The third-order valence-corrected chi connectivity index (χ3v) is 6.00. The number of rotatable bonds is 4. The van der Waals surface area contributed by atoms with Gasteiger partial charge < -0.3 is 16.2 Å². The summed E-state index contributed by atoms with van der Waals surface area (Å²) >= 11 is 0. The molecule has 1 aliphatic heterocycles. The molecule has 0 saturated carbocycles. The highest BCUT2D eigenvalue weighted by Gasteiger charge is 2.44. The molecule has 1 unspecified atom stereocenters. The van der Waals surface area contributed by atoms with E-state index in [9.17, 15) is 14.4 Å². The average molecular weight is 483 g/mol. The zero-order chi connectivity index (χ0) is 25.6. The molecule has 11 heteroatoms. The minimum absolute atomic E-state index is 0.0529. The number of azo groups is 1. The van der Waals surface area contributed by atoms with E-state index in [2.05, 4.69) is 10.2 Å². The van der Waals surface area contributed by atoms with Crippen molar-refractivity contribution >= 4 is 40.5 Å². The zero-order valence-electron chi connectivity index (χ0n) is 19.1. The highest BCUT2D eigenvalue weighted by Crippen LogP contribution is 2.49. The highest BCUT2D eigenvalue weighted by atomic mass is 16.5. The number of fused-ring (bicyclic) bond motifs is 3. The van der Waals surface area contributed by atoms with Gasteiger partial charge in [-0.3, -0.25) is 15.0 Å². The minimum Gasteiger partial charge on any atom is -0.497 e. The molecule has 3 aromatic carbocycles. The van der Waals surface area contributed by atoms with Crippen LogP contribution in [0.4, 0.5) is 21.9 Å². The Hall–Kier alpha value is -5.03. The monoisotopic (exact) mass is 483 g/mol. The van der Waals surface area contributed by atoms with E-state index < -0.39 is 23.8 Å². The molecule has 0 spiro atoms. The van der Waals surface area contributed by atoms with Gasteiger partial charge in [-0.1, -0.05) is 12.1 Å². The maximum absolute atomic E-state index is 13.7. The molecule has 1 heterocycles. The number of anilines is 3. The summed E-state index contributed by atoms with van der Waals surface area (Å²) in [5, 5.41) is 8.58. The number of urea groups is 1. The molecule has 3 aromatic rings. The van der Waals surface area contributed by atoms with E-state index in [4.69, 9.17) is 22.0 Å². The van der Waals surface area contributed by atoms with E-state index >= 15 is 0 Å². The van der Waals surface area contributed by atoms with Gasteiger partial charge in [0.15, 0.2) is 5.78 Å². The van der Waals surface area contributed by atoms with Gasteiger partial charge in [0.1, 0.15) is 17.5 Å². The number of hydrogen-bond donors (Lipinski definition) is 4. The second-order valence-electron chi connectivity index (χ2n) is 8.16. The van der Waals surface area contributed by atoms with Crippen molar-refractivity contribution in [3.05, 3.63) is 88.5 Å². The lowest BCUT2D eigenvalue weighted by Crippen LogP contribution is -2.47. The number of hydrazine groups is 1. The predicted molar refractivity (Wildman–Crippen MR) is 133 cm³/mol. The van der Waals surface area contributed by atoms with Crippen LogP contribution < -0.4 is 32.4 Å². The molecular formula is C25H21N7O4. The summed E-state index contributed by atoms with van der Waals surface area (Å²) in [5.41, 5.74) is 16.4. The van der Waals surface area contributed by atoms with Crippen LogP contribution in [-0.4, -0.2) is 24.8 Å². The SMILES string of the molecule is COc1ccc(C2=C3C(=O)c4c(cccc4N(C(=O)NN)C(=O)c4cc(N)cc(N)c4)C3N=N2)cc1. The van der Waals surface area contributed by atoms with Crippen molar-refractivity contribution in [1.82, 2.24) is 5.43 Å². The van der Waals surface area contributed by atoms with E-state index in [1.54, 1.807) is 43.5 Å². The molecular weight excluding hydrogens is 462 g/mol. The number of methoxy groups -OCH3 is 1. The normalized spacial score (nSPS) is 15.5. The van der Waals surface area contributed by atoms with Crippen molar-refractivity contribution < 1.29 is 19.1 Å². The number of Topliss-reactive ketones (excluding diaryl/α,β-unsaturated/α-hetero) is 1. The van der Waals surface area contributed by atoms with E-state index in [0.29, 0.717) is 28.1 Å². The molecule has 0 saturated heterocycles. The Morgan fingerprint density at radius 3 is 2.36 bits per heavy atom. The number of nitrogens with one attached hydrogen (secondary N) is 1. The molecule has 0 aromatic heterocycles. The fourth-order valence-corrected chi connectivity index (χ4v) is 4.43. The fraction of sp³-hybridized carbons (Fsp3) is 0.0800. The van der Waals surface area contributed by atoms with Gasteiger partial charge in [0.25, 0.3) is 5.91 Å². The third kappa shape index (κ3) is 3.54. The highest BCUT2D eigenvalue weighted by molar-refractivity contribution is 6.27. The molecule has 5 rings (SSSR count). The summed E-state index contributed by atoms with van der Waals surface area (Å²) in [6.07, 6.45) is 0. The fourth-order valence-electron chi connectivity index (χ4n) is 4.43. The van der Waals surface area contributed by atoms with Crippen molar-refractivity contribution in [3.8, 4) is 5.75 Å².